The summed E-state index contributed by atoms with van der Waals surface area (Å²) in [6.07, 6.45) is 9.74. The van der Waals surface area contributed by atoms with Gasteiger partial charge in [-0.2, -0.15) is 0 Å². The maximum absolute atomic E-state index is 12.6. The fraction of sp³-hybridized carbons (Fsp3) is 0.682. The predicted molar refractivity (Wildman–Crippen MR) is 107 cm³/mol. The molecule has 6 heteroatoms. The zero-order valence-corrected chi connectivity index (χ0v) is 16.9. The van der Waals surface area contributed by atoms with Crippen LogP contribution in [0.15, 0.2) is 24.5 Å². The van der Waals surface area contributed by atoms with Gasteiger partial charge in [-0.3, -0.25) is 19.5 Å². The maximum atomic E-state index is 12.6. The van der Waals surface area contributed by atoms with Gasteiger partial charge >= 0.3 is 0 Å². The lowest BCUT2D eigenvalue weighted by molar-refractivity contribution is -0.138. The van der Waals surface area contributed by atoms with Crippen LogP contribution in [0.2, 0.25) is 0 Å². The average Bonchev–Trinajstić information content (AvgIpc) is 3.51. The Labute approximate surface area is 167 Å². The van der Waals surface area contributed by atoms with Gasteiger partial charge in [0.1, 0.15) is 0 Å². The zero-order valence-electron chi connectivity index (χ0n) is 16.9. The van der Waals surface area contributed by atoms with Gasteiger partial charge in [-0.05, 0) is 56.7 Å². The number of likely N-dealkylation sites (tertiary alicyclic amines) is 2. The van der Waals surface area contributed by atoms with Gasteiger partial charge in [0.05, 0.1) is 5.92 Å². The van der Waals surface area contributed by atoms with E-state index in [0.717, 1.165) is 70.3 Å². The molecule has 2 saturated heterocycles. The number of hydrogen-bond acceptors (Lipinski definition) is 4. The van der Waals surface area contributed by atoms with Crippen LogP contribution in [0.25, 0.3) is 0 Å². The molecule has 3 aliphatic rings. The molecule has 1 aromatic rings. The fourth-order valence-corrected chi connectivity index (χ4v) is 4.61. The van der Waals surface area contributed by atoms with Crippen molar-refractivity contribution in [1.82, 2.24) is 20.1 Å². The fourth-order valence-electron chi connectivity index (χ4n) is 4.61. The van der Waals surface area contributed by atoms with Gasteiger partial charge in [0, 0.05) is 50.0 Å². The van der Waals surface area contributed by atoms with E-state index in [1.54, 1.807) is 12.4 Å². The summed E-state index contributed by atoms with van der Waals surface area (Å²) in [5, 5.41) is 3.08. The van der Waals surface area contributed by atoms with Gasteiger partial charge in [-0.15, -0.1) is 0 Å². The monoisotopic (exact) mass is 384 g/mol. The van der Waals surface area contributed by atoms with E-state index in [4.69, 9.17) is 0 Å². The molecule has 0 spiro atoms. The highest BCUT2D eigenvalue weighted by atomic mass is 16.2. The molecule has 1 aromatic heterocycles. The van der Waals surface area contributed by atoms with Gasteiger partial charge in [0.2, 0.25) is 11.8 Å². The molecule has 2 amide bonds. The van der Waals surface area contributed by atoms with Crippen molar-refractivity contribution in [1.29, 1.82) is 0 Å². The third-order valence-corrected chi connectivity index (χ3v) is 6.80. The van der Waals surface area contributed by atoms with Crippen LogP contribution in [0.1, 0.15) is 51.0 Å². The quantitative estimate of drug-likeness (QED) is 0.845. The Morgan fingerprint density at radius 1 is 1.21 bits per heavy atom. The second-order valence-electron chi connectivity index (χ2n) is 9.00. The lowest BCUT2D eigenvalue weighted by Crippen LogP contribution is -2.52. The lowest BCUT2D eigenvalue weighted by Gasteiger charge is -2.42. The van der Waals surface area contributed by atoms with E-state index < -0.39 is 0 Å². The van der Waals surface area contributed by atoms with Crippen LogP contribution in [0, 0.1) is 11.3 Å². The summed E-state index contributed by atoms with van der Waals surface area (Å²) in [5.74, 6) is 0.579. The van der Waals surface area contributed by atoms with Gasteiger partial charge in [-0.1, -0.05) is 13.0 Å². The smallest absolute Gasteiger partial charge is 0.228 e. The first-order valence-electron chi connectivity index (χ1n) is 10.8. The maximum Gasteiger partial charge on any atom is 0.228 e. The molecular formula is C22H32N4O2. The van der Waals surface area contributed by atoms with Gasteiger partial charge < -0.3 is 10.2 Å². The van der Waals surface area contributed by atoms with E-state index in [-0.39, 0.29) is 17.2 Å². The number of amides is 2. The number of nitrogens with one attached hydrogen (secondary N) is 1. The first-order valence-corrected chi connectivity index (χ1v) is 10.8. The number of carbonyl (C=O) groups is 2. The lowest BCUT2D eigenvalue weighted by atomic mass is 9.93. The van der Waals surface area contributed by atoms with E-state index in [1.165, 1.54) is 0 Å². The van der Waals surface area contributed by atoms with Crippen molar-refractivity contribution in [3.63, 3.8) is 0 Å². The molecule has 0 unspecified atom stereocenters. The Morgan fingerprint density at radius 3 is 2.68 bits per heavy atom. The standard InChI is InChI=1S/C22H32N4O2/c1-22(8-9-22)21(28)25-12-6-19(7-13-25)26-11-3-5-18(16-26)20(27)24-15-17-4-2-10-23-14-17/h2,4,10,14,18-19H,3,5-9,11-13,15-16H2,1H3,(H,24,27)/t18-/m0/s1. The van der Waals surface area contributed by atoms with Gasteiger partial charge in [-0.25, -0.2) is 0 Å². The highest BCUT2D eigenvalue weighted by Gasteiger charge is 2.47. The second-order valence-corrected chi connectivity index (χ2v) is 9.00. The van der Waals surface area contributed by atoms with Crippen molar-refractivity contribution in [2.75, 3.05) is 26.2 Å². The predicted octanol–water partition coefficient (Wildman–Crippen LogP) is 2.20. The Hall–Kier alpha value is -1.95. The largest absolute Gasteiger partial charge is 0.352 e. The number of carbonyl (C=O) groups excluding carboxylic acids is 2. The van der Waals surface area contributed by atoms with Crippen LogP contribution in [0.5, 0.6) is 0 Å². The van der Waals surface area contributed by atoms with E-state index in [1.807, 2.05) is 12.1 Å². The molecular weight excluding hydrogens is 352 g/mol. The number of rotatable bonds is 5. The van der Waals surface area contributed by atoms with Crippen molar-refractivity contribution in [2.45, 2.75) is 58.0 Å². The number of piperidine rings is 2. The van der Waals surface area contributed by atoms with Crippen LogP contribution in [0.3, 0.4) is 0 Å². The topological polar surface area (TPSA) is 65.5 Å². The third-order valence-electron chi connectivity index (χ3n) is 6.80. The van der Waals surface area contributed by atoms with E-state index in [9.17, 15) is 9.59 Å². The second kappa shape index (κ2) is 8.19. The summed E-state index contributed by atoms with van der Waals surface area (Å²) in [5.41, 5.74) is 0.972. The van der Waals surface area contributed by atoms with Crippen LogP contribution in [-0.2, 0) is 16.1 Å². The molecule has 0 radical (unpaired) electrons. The summed E-state index contributed by atoms with van der Waals surface area (Å²) >= 11 is 0. The van der Waals surface area contributed by atoms with Crippen molar-refractivity contribution in [3.8, 4) is 0 Å². The minimum Gasteiger partial charge on any atom is -0.352 e. The Morgan fingerprint density at radius 2 is 2.00 bits per heavy atom. The Bertz CT molecular complexity index is 696. The number of aromatic nitrogens is 1. The summed E-state index contributed by atoms with van der Waals surface area (Å²) < 4.78 is 0. The molecule has 1 N–H and O–H groups in total. The molecule has 4 rings (SSSR count). The zero-order chi connectivity index (χ0) is 19.6. The molecule has 3 fully saturated rings. The van der Waals surface area contributed by atoms with Crippen molar-refractivity contribution >= 4 is 11.8 Å². The first-order chi connectivity index (χ1) is 13.5. The molecule has 0 aromatic carbocycles. The van der Waals surface area contributed by atoms with Crippen molar-refractivity contribution < 1.29 is 9.59 Å². The van der Waals surface area contributed by atoms with Gasteiger partial charge in [0.15, 0.2) is 0 Å². The molecule has 152 valence electrons. The summed E-state index contributed by atoms with van der Waals surface area (Å²) in [6.45, 7) is 6.29. The van der Waals surface area contributed by atoms with Crippen molar-refractivity contribution in [2.24, 2.45) is 11.3 Å². The third kappa shape index (κ3) is 4.37. The minimum absolute atomic E-state index is 0.0601. The average molecular weight is 385 g/mol. The Kier molecular flexibility index (Phi) is 5.67. The molecule has 6 nitrogen and oxygen atoms in total. The molecule has 3 heterocycles. The number of pyridine rings is 1. The van der Waals surface area contributed by atoms with Crippen molar-refractivity contribution in [3.05, 3.63) is 30.1 Å². The molecule has 0 bridgehead atoms. The summed E-state index contributed by atoms with van der Waals surface area (Å²) in [7, 11) is 0. The van der Waals surface area contributed by atoms with Crippen LogP contribution in [0.4, 0.5) is 0 Å². The molecule has 1 aliphatic carbocycles. The normalized spacial score (nSPS) is 25.3. The van der Waals surface area contributed by atoms with Crippen LogP contribution < -0.4 is 5.32 Å². The van der Waals surface area contributed by atoms with E-state index in [2.05, 4.69) is 27.0 Å². The SMILES string of the molecule is CC1(C(=O)N2CCC(N3CCC[C@H](C(=O)NCc4cccnc4)C3)CC2)CC1. The van der Waals surface area contributed by atoms with E-state index in [0.29, 0.717) is 18.5 Å². The highest BCUT2D eigenvalue weighted by molar-refractivity contribution is 5.85. The molecule has 28 heavy (non-hydrogen) atoms. The minimum atomic E-state index is -0.0601. The summed E-state index contributed by atoms with van der Waals surface area (Å²) in [6, 6.07) is 4.38. The first kappa shape index (κ1) is 19.4. The molecule has 1 saturated carbocycles. The number of hydrogen-bond donors (Lipinski definition) is 1. The van der Waals surface area contributed by atoms with Crippen LogP contribution >= 0.6 is 0 Å². The highest BCUT2D eigenvalue weighted by Crippen LogP contribution is 2.46. The van der Waals surface area contributed by atoms with Crippen LogP contribution in [-0.4, -0.2) is 58.8 Å². The summed E-state index contributed by atoms with van der Waals surface area (Å²) in [4.78, 5) is 33.9. The molecule has 2 aliphatic heterocycles. The van der Waals surface area contributed by atoms with Gasteiger partial charge in [0.25, 0.3) is 0 Å². The number of nitrogens with zero attached hydrogens (tertiary/aromatic N) is 3. The molecule has 1 atom stereocenters. The Balaban J connectivity index is 1.25. The van der Waals surface area contributed by atoms with E-state index >= 15 is 0 Å².